The van der Waals surface area contributed by atoms with Gasteiger partial charge in [0.1, 0.15) is 5.82 Å². The Hall–Kier alpha value is -2.25. The van der Waals surface area contributed by atoms with E-state index < -0.39 is 0 Å². The van der Waals surface area contributed by atoms with Crippen molar-refractivity contribution in [3.05, 3.63) is 40.9 Å². The van der Waals surface area contributed by atoms with Gasteiger partial charge >= 0.3 is 0 Å². The fourth-order valence-corrected chi connectivity index (χ4v) is 3.62. The Labute approximate surface area is 164 Å². The Morgan fingerprint density at radius 1 is 1.19 bits per heavy atom. The van der Waals surface area contributed by atoms with Gasteiger partial charge in [0.25, 0.3) is 5.91 Å². The molecular weight excluding hydrogens is 368 g/mol. The highest BCUT2D eigenvalue weighted by molar-refractivity contribution is 6.35. The van der Waals surface area contributed by atoms with Gasteiger partial charge in [-0.15, -0.1) is 0 Å². The summed E-state index contributed by atoms with van der Waals surface area (Å²) in [4.78, 5) is 21.6. The molecule has 1 fully saturated rings. The first-order valence-corrected chi connectivity index (χ1v) is 9.31. The SMILES string of the molecule is COc1ccc(C(=O)N2CCCN(Cc3nccn3C)CC2)c(Cl)c1OC. The summed E-state index contributed by atoms with van der Waals surface area (Å²) in [5, 5.41) is 0.288. The summed E-state index contributed by atoms with van der Waals surface area (Å²) in [5.41, 5.74) is 0.437. The molecule has 1 aromatic heterocycles. The third-order valence-electron chi connectivity index (χ3n) is 4.88. The molecular formula is C19H25ClN4O3. The molecule has 1 amide bonds. The van der Waals surface area contributed by atoms with Crippen molar-refractivity contribution in [2.24, 2.45) is 7.05 Å². The molecule has 146 valence electrons. The second-order valence-corrected chi connectivity index (χ2v) is 6.92. The minimum Gasteiger partial charge on any atom is -0.493 e. The first-order valence-electron chi connectivity index (χ1n) is 8.93. The van der Waals surface area contributed by atoms with E-state index in [0.29, 0.717) is 30.2 Å². The number of carbonyl (C=O) groups is 1. The standard InChI is InChI=1S/C19H25ClN4O3/c1-22-10-7-21-16(22)13-23-8-4-9-24(12-11-23)19(25)14-5-6-15(26-2)18(27-3)17(14)20/h5-7,10H,4,8-9,11-13H2,1-3H3. The summed E-state index contributed by atoms with van der Waals surface area (Å²) >= 11 is 6.41. The maximum Gasteiger partial charge on any atom is 0.255 e. The van der Waals surface area contributed by atoms with Crippen LogP contribution in [-0.2, 0) is 13.6 Å². The van der Waals surface area contributed by atoms with E-state index in [1.165, 1.54) is 7.11 Å². The van der Waals surface area contributed by atoms with Gasteiger partial charge in [0.05, 0.1) is 31.4 Å². The molecule has 7 nitrogen and oxygen atoms in total. The molecule has 0 atom stereocenters. The molecule has 0 N–H and O–H groups in total. The van der Waals surface area contributed by atoms with Crippen molar-refractivity contribution in [1.29, 1.82) is 0 Å². The van der Waals surface area contributed by atoms with Gasteiger partial charge in [0.15, 0.2) is 11.5 Å². The zero-order valence-electron chi connectivity index (χ0n) is 15.9. The van der Waals surface area contributed by atoms with E-state index in [4.69, 9.17) is 21.1 Å². The van der Waals surface area contributed by atoms with Crippen molar-refractivity contribution in [2.75, 3.05) is 40.4 Å². The van der Waals surface area contributed by atoms with E-state index in [9.17, 15) is 4.79 Å². The van der Waals surface area contributed by atoms with Gasteiger partial charge in [0.2, 0.25) is 0 Å². The van der Waals surface area contributed by atoms with Crippen molar-refractivity contribution in [3.63, 3.8) is 0 Å². The zero-order chi connectivity index (χ0) is 19.4. The van der Waals surface area contributed by atoms with Gasteiger partial charge in [-0.05, 0) is 18.6 Å². The molecule has 27 heavy (non-hydrogen) atoms. The molecule has 2 aromatic rings. The summed E-state index contributed by atoms with van der Waals surface area (Å²) < 4.78 is 12.6. The summed E-state index contributed by atoms with van der Waals surface area (Å²) in [7, 11) is 5.05. The molecule has 1 aliphatic rings. The lowest BCUT2D eigenvalue weighted by atomic mass is 10.1. The molecule has 0 aliphatic carbocycles. The monoisotopic (exact) mass is 392 g/mol. The summed E-state index contributed by atoms with van der Waals surface area (Å²) in [6.07, 6.45) is 4.66. The Morgan fingerprint density at radius 3 is 2.67 bits per heavy atom. The van der Waals surface area contributed by atoms with E-state index in [0.717, 1.165) is 31.9 Å². The van der Waals surface area contributed by atoms with Crippen LogP contribution in [-0.4, -0.2) is 65.7 Å². The number of imidazole rings is 1. The molecule has 2 heterocycles. The van der Waals surface area contributed by atoms with Crippen LogP contribution in [0.25, 0.3) is 0 Å². The van der Waals surface area contributed by atoms with Crippen LogP contribution in [0.1, 0.15) is 22.6 Å². The average molecular weight is 393 g/mol. The van der Waals surface area contributed by atoms with Crippen LogP contribution in [0.5, 0.6) is 11.5 Å². The quantitative estimate of drug-likeness (QED) is 0.782. The van der Waals surface area contributed by atoms with E-state index >= 15 is 0 Å². The maximum absolute atomic E-state index is 13.0. The zero-order valence-corrected chi connectivity index (χ0v) is 16.7. The second-order valence-electron chi connectivity index (χ2n) is 6.54. The third kappa shape index (κ3) is 4.20. The van der Waals surface area contributed by atoms with Gasteiger partial charge < -0.3 is 18.9 Å². The van der Waals surface area contributed by atoms with Crippen LogP contribution in [0.2, 0.25) is 5.02 Å². The molecule has 8 heteroatoms. The van der Waals surface area contributed by atoms with Crippen molar-refractivity contribution in [2.45, 2.75) is 13.0 Å². The highest BCUT2D eigenvalue weighted by Gasteiger charge is 2.25. The number of hydrogen-bond acceptors (Lipinski definition) is 5. The average Bonchev–Trinajstić information content (AvgIpc) is 2.93. The van der Waals surface area contributed by atoms with Crippen molar-refractivity contribution >= 4 is 17.5 Å². The van der Waals surface area contributed by atoms with Crippen LogP contribution >= 0.6 is 11.6 Å². The molecule has 0 saturated carbocycles. The Morgan fingerprint density at radius 2 is 2.00 bits per heavy atom. The Kier molecular flexibility index (Phi) is 6.23. The van der Waals surface area contributed by atoms with Crippen LogP contribution < -0.4 is 9.47 Å². The number of ether oxygens (including phenoxy) is 2. The van der Waals surface area contributed by atoms with Crippen molar-refractivity contribution < 1.29 is 14.3 Å². The van der Waals surface area contributed by atoms with E-state index in [1.807, 2.05) is 28.9 Å². The van der Waals surface area contributed by atoms with Gasteiger partial charge in [-0.1, -0.05) is 11.6 Å². The number of nitrogens with zero attached hydrogens (tertiary/aromatic N) is 4. The number of carbonyl (C=O) groups excluding carboxylic acids is 1. The largest absolute Gasteiger partial charge is 0.493 e. The minimum absolute atomic E-state index is 0.0835. The first-order chi connectivity index (χ1) is 13.0. The van der Waals surface area contributed by atoms with Gasteiger partial charge in [-0.3, -0.25) is 9.69 Å². The number of aromatic nitrogens is 2. The molecule has 3 rings (SSSR count). The van der Waals surface area contributed by atoms with E-state index in [2.05, 4.69) is 9.88 Å². The van der Waals surface area contributed by atoms with Crippen molar-refractivity contribution in [3.8, 4) is 11.5 Å². The van der Waals surface area contributed by atoms with Crippen LogP contribution in [0, 0.1) is 0 Å². The fraction of sp³-hybridized carbons (Fsp3) is 0.474. The molecule has 1 aromatic carbocycles. The summed E-state index contributed by atoms with van der Waals surface area (Å²) in [6, 6.07) is 3.41. The van der Waals surface area contributed by atoms with Gasteiger partial charge in [-0.25, -0.2) is 4.98 Å². The Bertz CT molecular complexity index is 808. The number of rotatable bonds is 5. The van der Waals surface area contributed by atoms with Crippen LogP contribution in [0.15, 0.2) is 24.5 Å². The van der Waals surface area contributed by atoms with E-state index in [1.54, 1.807) is 19.2 Å². The summed E-state index contributed by atoms with van der Waals surface area (Å²) in [5.74, 6) is 1.84. The molecule has 1 saturated heterocycles. The number of amides is 1. The molecule has 1 aliphatic heterocycles. The van der Waals surface area contributed by atoms with Gasteiger partial charge in [-0.2, -0.15) is 0 Å². The lowest BCUT2D eigenvalue weighted by Gasteiger charge is -2.23. The molecule has 0 spiro atoms. The minimum atomic E-state index is -0.0835. The number of hydrogen-bond donors (Lipinski definition) is 0. The van der Waals surface area contributed by atoms with Crippen LogP contribution in [0.4, 0.5) is 0 Å². The lowest BCUT2D eigenvalue weighted by molar-refractivity contribution is 0.0760. The molecule has 0 radical (unpaired) electrons. The highest BCUT2D eigenvalue weighted by Crippen LogP contribution is 2.37. The Balaban J connectivity index is 1.70. The third-order valence-corrected chi connectivity index (χ3v) is 5.25. The summed E-state index contributed by atoms with van der Waals surface area (Å²) in [6.45, 7) is 3.84. The van der Waals surface area contributed by atoms with E-state index in [-0.39, 0.29) is 10.9 Å². The predicted octanol–water partition coefficient (Wildman–Crippen LogP) is 2.44. The fourth-order valence-electron chi connectivity index (χ4n) is 3.31. The highest BCUT2D eigenvalue weighted by atomic mass is 35.5. The number of methoxy groups -OCH3 is 2. The number of benzene rings is 1. The molecule has 0 bridgehead atoms. The smallest absolute Gasteiger partial charge is 0.255 e. The maximum atomic E-state index is 13.0. The number of aryl methyl sites for hydroxylation is 1. The predicted molar refractivity (Wildman–Crippen MR) is 104 cm³/mol. The first kappa shape index (κ1) is 19.5. The van der Waals surface area contributed by atoms with Crippen LogP contribution in [0.3, 0.4) is 0 Å². The molecule has 0 unspecified atom stereocenters. The topological polar surface area (TPSA) is 59.8 Å². The van der Waals surface area contributed by atoms with Crippen molar-refractivity contribution in [1.82, 2.24) is 19.4 Å². The second kappa shape index (κ2) is 8.63. The normalized spacial score (nSPS) is 15.5. The number of halogens is 1. The lowest BCUT2D eigenvalue weighted by Crippen LogP contribution is -2.35. The van der Waals surface area contributed by atoms with Gasteiger partial charge in [0, 0.05) is 45.6 Å².